The van der Waals surface area contributed by atoms with Gasteiger partial charge in [-0.05, 0) is 51.5 Å². The van der Waals surface area contributed by atoms with Gasteiger partial charge in [0.25, 0.3) is 0 Å². The van der Waals surface area contributed by atoms with Crippen molar-refractivity contribution in [1.82, 2.24) is 19.4 Å². The van der Waals surface area contributed by atoms with Crippen LogP contribution < -0.4 is 5.32 Å². The summed E-state index contributed by atoms with van der Waals surface area (Å²) in [7, 11) is 0. The SMILES string of the molecule is CC(C)(C)OC(=O)N1CC[C@@H]1CNc1cccc(-n2cnc3ccccc32)n1. The quantitative estimate of drug-likeness (QED) is 0.746. The Morgan fingerprint density at radius 3 is 2.79 bits per heavy atom. The minimum atomic E-state index is -0.478. The third kappa shape index (κ3) is 3.78. The van der Waals surface area contributed by atoms with Gasteiger partial charge in [0.2, 0.25) is 0 Å². The van der Waals surface area contributed by atoms with Crippen LogP contribution in [0.25, 0.3) is 16.9 Å². The van der Waals surface area contributed by atoms with Crippen molar-refractivity contribution in [2.45, 2.75) is 38.8 Å². The van der Waals surface area contributed by atoms with Crippen molar-refractivity contribution in [2.75, 3.05) is 18.4 Å². The Morgan fingerprint density at radius 1 is 1.21 bits per heavy atom. The molecule has 7 nitrogen and oxygen atoms in total. The van der Waals surface area contributed by atoms with Gasteiger partial charge in [-0.2, -0.15) is 0 Å². The number of pyridine rings is 1. The molecule has 4 rings (SSSR count). The van der Waals surface area contributed by atoms with Crippen molar-refractivity contribution in [3.63, 3.8) is 0 Å². The molecule has 3 heterocycles. The van der Waals surface area contributed by atoms with Gasteiger partial charge in [-0.15, -0.1) is 0 Å². The number of imidazole rings is 1. The van der Waals surface area contributed by atoms with Crippen LogP contribution in [0, 0.1) is 0 Å². The lowest BCUT2D eigenvalue weighted by atomic mass is 10.0. The van der Waals surface area contributed by atoms with E-state index >= 15 is 0 Å². The Kier molecular flexibility index (Phi) is 4.66. The van der Waals surface area contributed by atoms with Gasteiger partial charge in [-0.1, -0.05) is 18.2 Å². The number of amides is 1. The fourth-order valence-corrected chi connectivity index (χ4v) is 3.23. The number of rotatable bonds is 4. The van der Waals surface area contributed by atoms with Crippen molar-refractivity contribution in [3.8, 4) is 5.82 Å². The van der Waals surface area contributed by atoms with Crippen LogP contribution in [0.15, 0.2) is 48.8 Å². The zero-order chi connectivity index (χ0) is 19.7. The number of aromatic nitrogens is 3. The fraction of sp³-hybridized carbons (Fsp3) is 0.381. The lowest BCUT2D eigenvalue weighted by Crippen LogP contribution is -2.55. The van der Waals surface area contributed by atoms with Gasteiger partial charge in [0.1, 0.15) is 23.6 Å². The van der Waals surface area contributed by atoms with E-state index in [4.69, 9.17) is 9.72 Å². The Bertz CT molecular complexity index is 992. The molecule has 0 unspecified atom stereocenters. The van der Waals surface area contributed by atoms with Gasteiger partial charge < -0.3 is 15.0 Å². The number of benzene rings is 1. The monoisotopic (exact) mass is 379 g/mol. The van der Waals surface area contributed by atoms with Gasteiger partial charge in [0.15, 0.2) is 0 Å². The first-order chi connectivity index (χ1) is 13.4. The van der Waals surface area contributed by atoms with Gasteiger partial charge in [0.05, 0.1) is 17.1 Å². The number of nitrogens with one attached hydrogen (secondary N) is 1. The lowest BCUT2D eigenvalue weighted by Gasteiger charge is -2.41. The molecule has 146 valence electrons. The first-order valence-electron chi connectivity index (χ1n) is 9.54. The number of carbonyl (C=O) groups excluding carboxylic acids is 1. The Balaban J connectivity index is 1.43. The van der Waals surface area contributed by atoms with Gasteiger partial charge in [-0.3, -0.25) is 4.57 Å². The van der Waals surface area contributed by atoms with E-state index < -0.39 is 5.60 Å². The number of anilines is 1. The molecular formula is C21H25N5O2. The van der Waals surface area contributed by atoms with Crippen LogP contribution in [0.1, 0.15) is 27.2 Å². The summed E-state index contributed by atoms with van der Waals surface area (Å²) in [6.45, 7) is 7.02. The number of para-hydroxylation sites is 2. The first-order valence-corrected chi connectivity index (χ1v) is 9.54. The summed E-state index contributed by atoms with van der Waals surface area (Å²) < 4.78 is 7.44. The van der Waals surface area contributed by atoms with E-state index in [1.807, 2.05) is 67.8 Å². The topological polar surface area (TPSA) is 72.3 Å². The van der Waals surface area contributed by atoms with E-state index in [-0.39, 0.29) is 12.1 Å². The molecule has 1 atom stereocenters. The highest BCUT2D eigenvalue weighted by Gasteiger charge is 2.35. The molecule has 0 bridgehead atoms. The van der Waals surface area contributed by atoms with Crippen molar-refractivity contribution in [3.05, 3.63) is 48.8 Å². The van der Waals surface area contributed by atoms with Crippen molar-refractivity contribution < 1.29 is 9.53 Å². The zero-order valence-electron chi connectivity index (χ0n) is 16.4. The van der Waals surface area contributed by atoms with E-state index in [1.165, 1.54) is 0 Å². The van der Waals surface area contributed by atoms with Gasteiger partial charge in [0, 0.05) is 13.1 Å². The van der Waals surface area contributed by atoms with Crippen LogP contribution >= 0.6 is 0 Å². The third-order valence-electron chi connectivity index (χ3n) is 4.73. The molecular weight excluding hydrogens is 354 g/mol. The van der Waals surface area contributed by atoms with Crippen molar-refractivity contribution in [2.24, 2.45) is 0 Å². The maximum absolute atomic E-state index is 12.2. The predicted octanol–water partition coefficient (Wildman–Crippen LogP) is 3.84. The molecule has 1 aromatic carbocycles. The second-order valence-corrected chi connectivity index (χ2v) is 7.98. The molecule has 28 heavy (non-hydrogen) atoms. The fourth-order valence-electron chi connectivity index (χ4n) is 3.23. The second kappa shape index (κ2) is 7.14. The summed E-state index contributed by atoms with van der Waals surface area (Å²) in [5, 5.41) is 3.35. The smallest absolute Gasteiger partial charge is 0.410 e. The third-order valence-corrected chi connectivity index (χ3v) is 4.73. The normalized spacial score (nSPS) is 16.7. The minimum Gasteiger partial charge on any atom is -0.444 e. The van der Waals surface area contributed by atoms with Gasteiger partial charge in [-0.25, -0.2) is 14.8 Å². The maximum atomic E-state index is 12.2. The number of likely N-dealkylation sites (tertiary alicyclic amines) is 1. The number of carbonyl (C=O) groups is 1. The Morgan fingerprint density at radius 2 is 2.04 bits per heavy atom. The molecule has 0 radical (unpaired) electrons. The Labute approximate surface area is 164 Å². The number of hydrogen-bond donors (Lipinski definition) is 1. The van der Waals surface area contributed by atoms with Crippen LogP contribution in [0.2, 0.25) is 0 Å². The number of fused-ring (bicyclic) bond motifs is 1. The molecule has 1 aliphatic heterocycles. The molecule has 1 fully saturated rings. The van der Waals surface area contributed by atoms with E-state index in [2.05, 4.69) is 10.3 Å². The molecule has 3 aromatic rings. The van der Waals surface area contributed by atoms with E-state index in [0.717, 1.165) is 35.6 Å². The van der Waals surface area contributed by atoms with Crippen LogP contribution in [0.3, 0.4) is 0 Å². The van der Waals surface area contributed by atoms with E-state index in [9.17, 15) is 4.79 Å². The van der Waals surface area contributed by atoms with Crippen molar-refractivity contribution >= 4 is 22.9 Å². The maximum Gasteiger partial charge on any atom is 0.410 e. The average molecular weight is 379 g/mol. The minimum absolute atomic E-state index is 0.120. The van der Waals surface area contributed by atoms with Crippen LogP contribution in [-0.4, -0.2) is 50.3 Å². The summed E-state index contributed by atoms with van der Waals surface area (Å²) in [6, 6.07) is 13.9. The molecule has 1 amide bonds. The predicted molar refractivity (Wildman–Crippen MR) is 109 cm³/mol. The molecule has 1 saturated heterocycles. The van der Waals surface area contributed by atoms with Crippen LogP contribution in [0.5, 0.6) is 0 Å². The van der Waals surface area contributed by atoms with E-state index in [0.29, 0.717) is 6.54 Å². The molecule has 0 spiro atoms. The first kappa shape index (κ1) is 18.3. The summed E-state index contributed by atoms with van der Waals surface area (Å²) in [6.07, 6.45) is 2.49. The summed E-state index contributed by atoms with van der Waals surface area (Å²) in [5.74, 6) is 1.57. The molecule has 2 aromatic heterocycles. The highest BCUT2D eigenvalue weighted by molar-refractivity contribution is 5.76. The number of ether oxygens (including phenoxy) is 1. The summed E-state index contributed by atoms with van der Waals surface area (Å²) >= 11 is 0. The van der Waals surface area contributed by atoms with Gasteiger partial charge >= 0.3 is 6.09 Å². The van der Waals surface area contributed by atoms with Crippen LogP contribution in [-0.2, 0) is 4.74 Å². The van der Waals surface area contributed by atoms with Crippen molar-refractivity contribution in [1.29, 1.82) is 0 Å². The number of nitrogens with zero attached hydrogens (tertiary/aromatic N) is 4. The second-order valence-electron chi connectivity index (χ2n) is 7.98. The largest absolute Gasteiger partial charge is 0.444 e. The Hall–Kier alpha value is -3.09. The lowest BCUT2D eigenvalue weighted by molar-refractivity contribution is -0.00276. The molecule has 0 saturated carbocycles. The molecule has 7 heteroatoms. The average Bonchev–Trinajstić information content (AvgIpc) is 3.03. The standard InChI is InChI=1S/C21H25N5O2/c1-21(2,3)28-20(27)25-12-11-15(25)13-22-18-9-6-10-19(24-18)26-14-23-16-7-4-5-8-17(16)26/h4-10,14-15H,11-13H2,1-3H3,(H,22,24)/t15-/m1/s1. The number of hydrogen-bond acceptors (Lipinski definition) is 5. The molecule has 0 aliphatic carbocycles. The van der Waals surface area contributed by atoms with E-state index in [1.54, 1.807) is 11.2 Å². The zero-order valence-corrected chi connectivity index (χ0v) is 16.4. The summed E-state index contributed by atoms with van der Waals surface area (Å²) in [5.41, 5.74) is 1.47. The highest BCUT2D eigenvalue weighted by atomic mass is 16.6. The summed E-state index contributed by atoms with van der Waals surface area (Å²) in [4.78, 5) is 23.1. The molecule has 1 aliphatic rings. The molecule has 1 N–H and O–H groups in total. The van der Waals surface area contributed by atoms with Crippen LogP contribution in [0.4, 0.5) is 10.6 Å². The highest BCUT2D eigenvalue weighted by Crippen LogP contribution is 2.22.